The molecule has 8 aromatic rings. The fourth-order valence-corrected chi connectivity index (χ4v) is 7.62. The molecule has 1 aliphatic carbocycles. The summed E-state index contributed by atoms with van der Waals surface area (Å²) in [5, 5.41) is 4.88. The summed E-state index contributed by atoms with van der Waals surface area (Å²) in [6.45, 7) is 4.54. The number of hydrogen-bond donors (Lipinski definition) is 0. The van der Waals surface area contributed by atoms with Gasteiger partial charge in [-0.1, -0.05) is 123 Å². The maximum Gasteiger partial charge on any atom is 0.178 e. The number of rotatable bonds is 3. The monoisotopic (exact) mass is 630 g/mol. The molecule has 4 nitrogen and oxygen atoms in total. The van der Waals surface area contributed by atoms with Gasteiger partial charge in [-0.25, -0.2) is 9.97 Å². The smallest absolute Gasteiger partial charge is 0.178 e. The quantitative estimate of drug-likeness (QED) is 0.182. The van der Waals surface area contributed by atoms with Crippen LogP contribution in [0.1, 0.15) is 25.0 Å². The van der Waals surface area contributed by atoms with E-state index >= 15 is 0 Å². The molecule has 10 rings (SSSR count). The van der Waals surface area contributed by atoms with Crippen molar-refractivity contribution in [2.75, 3.05) is 0 Å². The molecule has 0 unspecified atom stereocenters. The van der Waals surface area contributed by atoms with Gasteiger partial charge >= 0.3 is 0 Å². The third-order valence-corrected chi connectivity index (χ3v) is 10.1. The predicted octanol–water partition coefficient (Wildman–Crippen LogP) is 12.0. The lowest BCUT2D eigenvalue weighted by Gasteiger charge is -2.25. The van der Waals surface area contributed by atoms with E-state index in [0.717, 1.165) is 39.4 Å². The molecule has 0 radical (unpaired) electrons. The van der Waals surface area contributed by atoms with Crippen molar-refractivity contribution in [1.29, 1.82) is 0 Å². The van der Waals surface area contributed by atoms with Gasteiger partial charge in [-0.05, 0) is 74.6 Å². The van der Waals surface area contributed by atoms with E-state index in [1.165, 1.54) is 38.2 Å². The summed E-state index contributed by atoms with van der Waals surface area (Å²) in [6.07, 6.45) is 0. The Kier molecular flexibility index (Phi) is 5.89. The van der Waals surface area contributed by atoms with E-state index in [0.29, 0.717) is 23.1 Å². The van der Waals surface area contributed by atoms with Crippen molar-refractivity contribution in [1.82, 2.24) is 9.97 Å². The third-order valence-electron chi connectivity index (χ3n) is 10.1. The fourth-order valence-electron chi connectivity index (χ4n) is 7.62. The number of aromatic nitrogens is 2. The molecule has 0 bridgehead atoms. The Morgan fingerprint density at radius 3 is 2.08 bits per heavy atom. The molecule has 0 saturated carbocycles. The van der Waals surface area contributed by atoms with E-state index in [9.17, 15) is 0 Å². The largest absolute Gasteiger partial charge is 0.449 e. The van der Waals surface area contributed by atoms with Crippen LogP contribution >= 0.6 is 0 Å². The minimum absolute atomic E-state index is 0.119. The highest BCUT2D eigenvalue weighted by Crippen LogP contribution is 2.58. The molecular formula is C45H30N2O2. The van der Waals surface area contributed by atoms with Gasteiger partial charge in [0.2, 0.25) is 0 Å². The Balaban J connectivity index is 1.07. The molecule has 0 saturated heterocycles. The lowest BCUT2D eigenvalue weighted by molar-refractivity contribution is 0.360. The molecule has 0 spiro atoms. The summed E-state index contributed by atoms with van der Waals surface area (Å²) < 4.78 is 13.2. The van der Waals surface area contributed by atoms with Crippen LogP contribution in [0, 0.1) is 0 Å². The van der Waals surface area contributed by atoms with Crippen LogP contribution in [-0.4, -0.2) is 9.97 Å². The summed E-state index contributed by atoms with van der Waals surface area (Å²) >= 11 is 0. The first-order chi connectivity index (χ1) is 24.0. The lowest BCUT2D eigenvalue weighted by atomic mass is 9.82. The molecule has 4 heteroatoms. The highest BCUT2D eigenvalue weighted by Gasteiger charge is 2.39. The van der Waals surface area contributed by atoms with Crippen LogP contribution in [0.15, 0.2) is 146 Å². The number of nitrogens with zero attached hydrogens (tertiary/aromatic N) is 2. The van der Waals surface area contributed by atoms with Gasteiger partial charge in [0.05, 0.1) is 11.4 Å². The van der Waals surface area contributed by atoms with Crippen molar-refractivity contribution in [3.05, 3.63) is 157 Å². The Labute approximate surface area is 284 Å². The van der Waals surface area contributed by atoms with Crippen LogP contribution in [-0.2, 0) is 5.41 Å². The van der Waals surface area contributed by atoms with Crippen molar-refractivity contribution in [2.45, 2.75) is 19.3 Å². The van der Waals surface area contributed by atoms with E-state index in [-0.39, 0.29) is 5.41 Å². The van der Waals surface area contributed by atoms with Crippen LogP contribution in [0.4, 0.5) is 0 Å². The van der Waals surface area contributed by atoms with Crippen LogP contribution in [0.2, 0.25) is 0 Å². The van der Waals surface area contributed by atoms with E-state index < -0.39 is 0 Å². The van der Waals surface area contributed by atoms with Gasteiger partial charge in [0.1, 0.15) is 0 Å². The van der Waals surface area contributed by atoms with Gasteiger partial charge < -0.3 is 9.47 Å². The second-order valence-corrected chi connectivity index (χ2v) is 13.4. The van der Waals surface area contributed by atoms with Gasteiger partial charge in [-0.15, -0.1) is 0 Å². The summed E-state index contributed by atoms with van der Waals surface area (Å²) in [4.78, 5) is 10.2. The van der Waals surface area contributed by atoms with Crippen LogP contribution < -0.4 is 9.47 Å². The van der Waals surface area contributed by atoms with E-state index in [2.05, 4.69) is 117 Å². The summed E-state index contributed by atoms with van der Waals surface area (Å²) in [6, 6.07) is 50.6. The number of fused-ring (bicyclic) bond motifs is 9. The molecule has 0 N–H and O–H groups in total. The average molecular weight is 631 g/mol. The zero-order chi connectivity index (χ0) is 32.7. The topological polar surface area (TPSA) is 44.2 Å². The Bertz CT molecular complexity index is 2640. The highest BCUT2D eigenvalue weighted by molar-refractivity contribution is 6.08. The van der Waals surface area contributed by atoms with Crippen molar-refractivity contribution >= 4 is 21.5 Å². The Hall–Kier alpha value is -6.26. The van der Waals surface area contributed by atoms with E-state index in [1.807, 2.05) is 42.5 Å². The second-order valence-electron chi connectivity index (χ2n) is 13.4. The molecule has 232 valence electrons. The van der Waals surface area contributed by atoms with E-state index in [1.54, 1.807) is 0 Å². The molecule has 7 aromatic carbocycles. The highest BCUT2D eigenvalue weighted by atomic mass is 16.6. The van der Waals surface area contributed by atoms with Crippen molar-refractivity contribution in [3.63, 3.8) is 0 Å². The molecule has 2 heterocycles. The van der Waals surface area contributed by atoms with Crippen LogP contribution in [0.3, 0.4) is 0 Å². The number of benzene rings is 7. The first-order valence-electron chi connectivity index (χ1n) is 16.7. The zero-order valence-corrected chi connectivity index (χ0v) is 27.1. The fraction of sp³-hybridized carbons (Fsp3) is 0.0667. The Morgan fingerprint density at radius 2 is 1.18 bits per heavy atom. The molecule has 1 aromatic heterocycles. The van der Waals surface area contributed by atoms with Gasteiger partial charge in [0, 0.05) is 27.7 Å². The molecule has 1 aliphatic heterocycles. The summed E-state index contributed by atoms with van der Waals surface area (Å²) in [5.74, 6) is 3.41. The van der Waals surface area contributed by atoms with Crippen LogP contribution in [0.5, 0.6) is 23.0 Å². The number of ether oxygens (including phenoxy) is 2. The first kappa shape index (κ1) is 27.8. The molecular weight excluding hydrogens is 601 g/mol. The predicted molar refractivity (Wildman–Crippen MR) is 198 cm³/mol. The molecule has 0 fully saturated rings. The number of hydrogen-bond acceptors (Lipinski definition) is 4. The maximum absolute atomic E-state index is 6.65. The van der Waals surface area contributed by atoms with Gasteiger partial charge in [-0.3, -0.25) is 0 Å². The minimum Gasteiger partial charge on any atom is -0.449 e. The van der Waals surface area contributed by atoms with Gasteiger partial charge in [-0.2, -0.15) is 0 Å². The van der Waals surface area contributed by atoms with Gasteiger partial charge in [0.15, 0.2) is 28.8 Å². The maximum atomic E-state index is 6.65. The third kappa shape index (κ3) is 4.31. The zero-order valence-electron chi connectivity index (χ0n) is 27.1. The standard InChI is InChI=1S/C45H30N2O2/c1-45(2)35-15-9-8-14-34(35)42-36(45)21-23-40-43(42)49-39-22-19-31(25-41(39)48-40)44-46-37(28-11-4-3-5-12-28)26-38(47-44)30-18-20-33-29(24-30)17-16-27-10-6-7-13-32(27)33/h3-26H,1-2H3. The first-order valence-corrected chi connectivity index (χ1v) is 16.7. The second kappa shape index (κ2) is 10.4. The van der Waals surface area contributed by atoms with E-state index in [4.69, 9.17) is 19.4 Å². The average Bonchev–Trinajstić information content (AvgIpc) is 3.39. The molecule has 0 amide bonds. The summed E-state index contributed by atoms with van der Waals surface area (Å²) in [5.41, 5.74) is 9.37. The van der Waals surface area contributed by atoms with Crippen LogP contribution in [0.25, 0.3) is 66.6 Å². The SMILES string of the molecule is CC1(C)c2ccccc2-c2c1ccc1c2Oc2ccc(-c3nc(-c4ccccc4)cc(-c4ccc5c(ccc6ccccc65)c4)n3)cc2O1. The molecule has 0 atom stereocenters. The van der Waals surface area contributed by atoms with Crippen molar-refractivity contribution in [3.8, 4) is 68.0 Å². The lowest BCUT2D eigenvalue weighted by Crippen LogP contribution is -2.15. The van der Waals surface area contributed by atoms with Crippen molar-refractivity contribution in [2.24, 2.45) is 0 Å². The van der Waals surface area contributed by atoms with Gasteiger partial charge in [0.25, 0.3) is 0 Å². The molecule has 49 heavy (non-hydrogen) atoms. The van der Waals surface area contributed by atoms with Crippen molar-refractivity contribution < 1.29 is 9.47 Å². The molecule has 2 aliphatic rings. The minimum atomic E-state index is -0.119. The Morgan fingerprint density at radius 1 is 0.469 bits per heavy atom. The normalized spacial score (nSPS) is 13.6. The summed E-state index contributed by atoms with van der Waals surface area (Å²) in [7, 11) is 0.